The molecule has 0 saturated carbocycles. The highest BCUT2D eigenvalue weighted by Gasteiger charge is 2.48. The average Bonchev–Trinajstić information content (AvgIpc) is 3.55. The Morgan fingerprint density at radius 3 is 2.59 bits per heavy atom. The minimum atomic E-state index is -0.554. The van der Waals surface area contributed by atoms with Gasteiger partial charge in [0.05, 0.1) is 31.2 Å². The monoisotopic (exact) mass is 526 g/mol. The van der Waals surface area contributed by atoms with Crippen molar-refractivity contribution >= 4 is 29.4 Å². The van der Waals surface area contributed by atoms with Crippen LogP contribution in [-0.4, -0.2) is 77.6 Å². The fourth-order valence-electron chi connectivity index (χ4n) is 5.58. The maximum Gasteiger partial charge on any atom is 0.318 e. The van der Waals surface area contributed by atoms with Gasteiger partial charge in [-0.3, -0.25) is 19.5 Å². The Morgan fingerprint density at radius 2 is 1.90 bits per heavy atom. The molecule has 9 nitrogen and oxygen atoms in total. The zero-order valence-corrected chi connectivity index (χ0v) is 22.8. The van der Waals surface area contributed by atoms with Crippen molar-refractivity contribution < 1.29 is 14.4 Å². The van der Waals surface area contributed by atoms with Crippen LogP contribution in [0.4, 0.5) is 10.5 Å². The fraction of sp³-hybridized carbons (Fsp3) is 0.333. The van der Waals surface area contributed by atoms with Crippen molar-refractivity contribution in [2.45, 2.75) is 32.0 Å². The number of hydrogen-bond acceptors (Lipinski definition) is 5. The summed E-state index contributed by atoms with van der Waals surface area (Å²) in [6, 6.07) is 14.9. The molecule has 0 aliphatic carbocycles. The first-order valence-corrected chi connectivity index (χ1v) is 13.0. The molecule has 2 aromatic rings. The molecule has 4 amide bonds. The number of benzene rings is 2. The maximum absolute atomic E-state index is 13.7. The van der Waals surface area contributed by atoms with E-state index in [4.69, 9.17) is 4.99 Å². The molecule has 0 saturated heterocycles. The van der Waals surface area contributed by atoms with Gasteiger partial charge in [-0.2, -0.15) is 0 Å². The van der Waals surface area contributed by atoms with E-state index in [-0.39, 0.29) is 23.9 Å². The van der Waals surface area contributed by atoms with Crippen LogP contribution < -0.4 is 10.6 Å². The van der Waals surface area contributed by atoms with Crippen molar-refractivity contribution in [3.05, 3.63) is 89.0 Å². The number of urea groups is 1. The van der Waals surface area contributed by atoms with E-state index in [1.807, 2.05) is 69.2 Å². The van der Waals surface area contributed by atoms with Gasteiger partial charge in [-0.25, -0.2) is 4.79 Å². The molecule has 0 bridgehead atoms. The third kappa shape index (κ3) is 4.85. The van der Waals surface area contributed by atoms with Gasteiger partial charge in [-0.15, -0.1) is 0 Å². The number of fused-ring (bicyclic) bond motifs is 1. The number of carbonyl (C=O) groups is 3. The summed E-state index contributed by atoms with van der Waals surface area (Å²) in [5, 5.41) is 5.99. The van der Waals surface area contributed by atoms with E-state index in [9.17, 15) is 14.4 Å². The number of aliphatic imine (C=N–C) groups is 1. The van der Waals surface area contributed by atoms with Gasteiger partial charge in [0.1, 0.15) is 5.84 Å². The Bertz CT molecular complexity index is 1410. The molecule has 39 heavy (non-hydrogen) atoms. The van der Waals surface area contributed by atoms with Crippen LogP contribution in [0, 0.1) is 0 Å². The molecule has 5 rings (SSSR count). The van der Waals surface area contributed by atoms with Crippen LogP contribution >= 0.6 is 0 Å². The van der Waals surface area contributed by atoms with Crippen LogP contribution in [0.2, 0.25) is 0 Å². The average molecular weight is 527 g/mol. The van der Waals surface area contributed by atoms with E-state index in [2.05, 4.69) is 22.1 Å². The van der Waals surface area contributed by atoms with Crippen molar-refractivity contribution in [3.8, 4) is 0 Å². The summed E-state index contributed by atoms with van der Waals surface area (Å²) in [5.41, 5.74) is 4.49. The highest BCUT2D eigenvalue weighted by molar-refractivity contribution is 6.16. The van der Waals surface area contributed by atoms with E-state index in [0.717, 1.165) is 22.3 Å². The van der Waals surface area contributed by atoms with Crippen LogP contribution in [0.3, 0.4) is 0 Å². The first-order valence-electron chi connectivity index (χ1n) is 13.0. The molecule has 3 aliphatic rings. The smallest absolute Gasteiger partial charge is 0.318 e. The number of carbonyl (C=O) groups excluding carboxylic acids is 3. The second-order valence-electron chi connectivity index (χ2n) is 10.9. The van der Waals surface area contributed by atoms with E-state index in [1.165, 1.54) is 6.08 Å². The van der Waals surface area contributed by atoms with Gasteiger partial charge in [0.2, 0.25) is 5.91 Å². The minimum absolute atomic E-state index is 0.130. The predicted molar refractivity (Wildman–Crippen MR) is 152 cm³/mol. The van der Waals surface area contributed by atoms with Crippen molar-refractivity contribution in [2.24, 2.45) is 4.99 Å². The molecule has 3 aliphatic heterocycles. The number of anilines is 1. The molecule has 3 heterocycles. The highest BCUT2D eigenvalue weighted by atomic mass is 16.2. The van der Waals surface area contributed by atoms with Crippen LogP contribution in [0.25, 0.3) is 0 Å². The Balaban J connectivity index is 1.34. The van der Waals surface area contributed by atoms with Crippen molar-refractivity contribution in [1.82, 2.24) is 20.0 Å². The van der Waals surface area contributed by atoms with E-state index >= 15 is 0 Å². The van der Waals surface area contributed by atoms with Crippen LogP contribution in [-0.2, 0) is 11.3 Å². The van der Waals surface area contributed by atoms with Gasteiger partial charge in [0.15, 0.2) is 0 Å². The lowest BCUT2D eigenvalue weighted by Crippen LogP contribution is -2.52. The number of hydrogen-bond donors (Lipinski definition) is 2. The molecule has 0 aromatic heterocycles. The molecule has 1 atom stereocenters. The minimum Gasteiger partial charge on any atom is -0.330 e. The Labute approximate surface area is 228 Å². The molecule has 9 heteroatoms. The lowest BCUT2D eigenvalue weighted by Gasteiger charge is -2.36. The van der Waals surface area contributed by atoms with Gasteiger partial charge >= 0.3 is 6.03 Å². The summed E-state index contributed by atoms with van der Waals surface area (Å²) in [7, 11) is 3.98. The third-order valence-corrected chi connectivity index (χ3v) is 7.66. The van der Waals surface area contributed by atoms with Gasteiger partial charge in [0.25, 0.3) is 5.91 Å². The number of nitrogens with one attached hydrogen (secondary N) is 2. The lowest BCUT2D eigenvalue weighted by atomic mass is 9.94. The Kier molecular flexibility index (Phi) is 6.86. The van der Waals surface area contributed by atoms with E-state index in [1.54, 1.807) is 17.0 Å². The normalized spacial score (nSPS) is 18.2. The van der Waals surface area contributed by atoms with Crippen LogP contribution in [0.15, 0.2) is 77.3 Å². The molecule has 2 aromatic carbocycles. The largest absolute Gasteiger partial charge is 0.330 e. The molecule has 202 valence electrons. The molecule has 2 N–H and O–H groups in total. The summed E-state index contributed by atoms with van der Waals surface area (Å²) < 4.78 is 0. The zero-order chi connectivity index (χ0) is 27.9. The molecule has 0 fully saturated rings. The third-order valence-electron chi connectivity index (χ3n) is 7.66. The quantitative estimate of drug-likeness (QED) is 0.563. The second-order valence-corrected chi connectivity index (χ2v) is 10.9. The number of rotatable bonds is 6. The lowest BCUT2D eigenvalue weighted by molar-refractivity contribution is -0.111. The summed E-state index contributed by atoms with van der Waals surface area (Å²) in [4.78, 5) is 49.1. The molecular formula is C30H34N6O3. The van der Waals surface area contributed by atoms with Crippen molar-refractivity contribution in [3.63, 3.8) is 0 Å². The number of amides is 4. The molecule has 0 unspecified atom stereocenters. The zero-order valence-electron chi connectivity index (χ0n) is 22.8. The SMILES string of the molecule is C=CC(=O)Nc1ccc2c(c1)CN(C1=NCC3=C1CN(C(=O)N[C@H](CN(C)C)c1ccccc1)C3(C)C)C2=O. The van der Waals surface area contributed by atoms with Crippen LogP contribution in [0.5, 0.6) is 0 Å². The summed E-state index contributed by atoms with van der Waals surface area (Å²) in [6.07, 6.45) is 1.21. The first-order chi connectivity index (χ1) is 18.6. The molecule has 0 radical (unpaired) electrons. The van der Waals surface area contributed by atoms with E-state index in [0.29, 0.717) is 43.3 Å². The molecule has 0 spiro atoms. The number of nitrogens with zero attached hydrogens (tertiary/aromatic N) is 4. The Hall–Kier alpha value is -4.24. The predicted octanol–water partition coefficient (Wildman–Crippen LogP) is 3.58. The summed E-state index contributed by atoms with van der Waals surface area (Å²) in [6.45, 7) is 9.39. The standard InChI is InChI=1S/C30H34N6O3/c1-6-26(37)32-21-12-13-22-20(14-21)16-35(28(22)38)27-23-17-36(30(2,3)24(23)15-31-27)29(39)33-25(18-34(4)5)19-10-8-7-9-11-19/h6-14,25H,1,15-18H2,2-5H3,(H,32,37)(H,33,39)/t25-/m1/s1. The van der Waals surface area contributed by atoms with Gasteiger partial charge in [-0.05, 0) is 68.9 Å². The maximum atomic E-state index is 13.7. The highest BCUT2D eigenvalue weighted by Crippen LogP contribution is 2.40. The van der Waals surface area contributed by atoms with Crippen molar-refractivity contribution in [2.75, 3.05) is 39.0 Å². The van der Waals surface area contributed by atoms with Crippen molar-refractivity contribution in [1.29, 1.82) is 0 Å². The second kappa shape index (κ2) is 10.1. The summed E-state index contributed by atoms with van der Waals surface area (Å²) in [5.74, 6) is 0.187. The Morgan fingerprint density at radius 1 is 1.15 bits per heavy atom. The number of amidine groups is 1. The van der Waals surface area contributed by atoms with E-state index < -0.39 is 5.54 Å². The van der Waals surface area contributed by atoms with Crippen LogP contribution in [0.1, 0.15) is 41.4 Å². The number of likely N-dealkylation sites (N-methyl/N-ethyl adjacent to an activating group) is 1. The van der Waals surface area contributed by atoms with Gasteiger partial charge in [-0.1, -0.05) is 36.9 Å². The topological polar surface area (TPSA) is 97.3 Å². The first kappa shape index (κ1) is 26.4. The van der Waals surface area contributed by atoms with Gasteiger partial charge in [0, 0.05) is 23.4 Å². The molecular weight excluding hydrogens is 492 g/mol. The van der Waals surface area contributed by atoms with Gasteiger partial charge < -0.3 is 20.4 Å². The summed E-state index contributed by atoms with van der Waals surface area (Å²) >= 11 is 0. The fourth-order valence-corrected chi connectivity index (χ4v) is 5.58.